The molecular weight excluding hydrogens is 398 g/mol. The van der Waals surface area contributed by atoms with Crippen molar-refractivity contribution in [3.05, 3.63) is 18.2 Å². The fraction of sp³-hybridized carbons (Fsp3) is 0.526. The van der Waals surface area contributed by atoms with Gasteiger partial charge in [-0.3, -0.25) is 4.79 Å². The van der Waals surface area contributed by atoms with Crippen molar-refractivity contribution in [1.29, 1.82) is 0 Å². The van der Waals surface area contributed by atoms with E-state index in [-0.39, 0.29) is 11.9 Å². The largest absolute Gasteiger partial charge is 0.493 e. The summed E-state index contributed by atoms with van der Waals surface area (Å²) in [6.07, 6.45) is 3.63. The molecule has 1 aliphatic rings. The first-order valence-electron chi connectivity index (χ1n) is 9.47. The highest BCUT2D eigenvalue weighted by Crippen LogP contribution is 2.32. The van der Waals surface area contributed by atoms with Gasteiger partial charge in [-0.15, -0.1) is 5.10 Å². The number of aromatic nitrogens is 2. The molecule has 0 saturated carbocycles. The highest BCUT2D eigenvalue weighted by molar-refractivity contribution is 7.91. The van der Waals surface area contributed by atoms with Crippen LogP contribution in [0.4, 0.5) is 0 Å². The van der Waals surface area contributed by atoms with Gasteiger partial charge in [-0.25, -0.2) is 8.42 Å². The first-order chi connectivity index (χ1) is 13.9. The fourth-order valence-electron chi connectivity index (χ4n) is 3.48. The van der Waals surface area contributed by atoms with Gasteiger partial charge >= 0.3 is 5.22 Å². The van der Waals surface area contributed by atoms with Crippen molar-refractivity contribution in [2.24, 2.45) is 0 Å². The molecule has 10 heteroatoms. The molecule has 2 aromatic rings. The predicted octanol–water partition coefficient (Wildman–Crippen LogP) is 2.32. The molecule has 0 bridgehead atoms. The monoisotopic (exact) mass is 423 g/mol. The summed E-state index contributed by atoms with van der Waals surface area (Å²) in [5.74, 6) is -0.139. The summed E-state index contributed by atoms with van der Waals surface area (Å²) in [5.41, 5.74) is 0.477. The van der Waals surface area contributed by atoms with Crippen molar-refractivity contribution in [3.8, 4) is 23.0 Å². The summed E-state index contributed by atoms with van der Waals surface area (Å²) in [6.45, 7) is 2.58. The molecule has 1 saturated heterocycles. The van der Waals surface area contributed by atoms with E-state index in [9.17, 15) is 13.2 Å². The van der Waals surface area contributed by atoms with E-state index in [2.05, 4.69) is 10.2 Å². The molecule has 2 heterocycles. The third-order valence-corrected chi connectivity index (χ3v) is 6.36. The zero-order chi connectivity index (χ0) is 21.0. The SMILES string of the molecule is CCC1CCCCN1C(=O)CS(=O)(=O)c1nnc(-c2ccc(OC)c(OC)c2)o1. The summed E-state index contributed by atoms with van der Waals surface area (Å²) < 4.78 is 41.1. The van der Waals surface area contributed by atoms with Crippen LogP contribution in [0.3, 0.4) is 0 Å². The van der Waals surface area contributed by atoms with Crippen LogP contribution in [0.5, 0.6) is 11.5 Å². The molecule has 1 aromatic heterocycles. The zero-order valence-electron chi connectivity index (χ0n) is 16.8. The first-order valence-corrected chi connectivity index (χ1v) is 11.1. The van der Waals surface area contributed by atoms with Crippen molar-refractivity contribution in [1.82, 2.24) is 15.1 Å². The smallest absolute Gasteiger partial charge is 0.336 e. The average molecular weight is 423 g/mol. The Morgan fingerprint density at radius 3 is 2.66 bits per heavy atom. The number of carbonyl (C=O) groups is 1. The minimum Gasteiger partial charge on any atom is -0.493 e. The number of likely N-dealkylation sites (tertiary alicyclic amines) is 1. The Morgan fingerprint density at radius 2 is 1.97 bits per heavy atom. The van der Waals surface area contributed by atoms with Crippen LogP contribution in [0.2, 0.25) is 0 Å². The lowest BCUT2D eigenvalue weighted by atomic mass is 10.0. The lowest BCUT2D eigenvalue weighted by molar-refractivity contribution is -0.132. The maximum atomic E-state index is 12.7. The van der Waals surface area contributed by atoms with Gasteiger partial charge in [0.15, 0.2) is 11.5 Å². The summed E-state index contributed by atoms with van der Waals surface area (Å²) in [6, 6.07) is 4.98. The van der Waals surface area contributed by atoms with Gasteiger partial charge in [-0.1, -0.05) is 12.0 Å². The fourth-order valence-corrected chi connectivity index (χ4v) is 4.47. The van der Waals surface area contributed by atoms with E-state index in [0.29, 0.717) is 23.6 Å². The normalized spacial score (nSPS) is 17.2. The van der Waals surface area contributed by atoms with Gasteiger partial charge in [0, 0.05) is 18.2 Å². The quantitative estimate of drug-likeness (QED) is 0.667. The van der Waals surface area contributed by atoms with Gasteiger partial charge in [0.2, 0.25) is 21.6 Å². The number of methoxy groups -OCH3 is 2. The molecule has 9 nitrogen and oxygen atoms in total. The molecule has 1 fully saturated rings. The number of benzene rings is 1. The van der Waals surface area contributed by atoms with Gasteiger partial charge < -0.3 is 18.8 Å². The molecule has 0 radical (unpaired) electrons. The number of hydrogen-bond acceptors (Lipinski definition) is 8. The summed E-state index contributed by atoms with van der Waals surface area (Å²) >= 11 is 0. The highest BCUT2D eigenvalue weighted by Gasteiger charge is 2.32. The van der Waals surface area contributed by atoms with Crippen LogP contribution in [0.1, 0.15) is 32.6 Å². The molecule has 0 aliphatic carbocycles. The van der Waals surface area contributed by atoms with E-state index < -0.39 is 26.7 Å². The summed E-state index contributed by atoms with van der Waals surface area (Å²) in [5, 5.41) is 6.90. The third kappa shape index (κ3) is 4.52. The summed E-state index contributed by atoms with van der Waals surface area (Å²) in [7, 11) is -1.05. The van der Waals surface area contributed by atoms with Gasteiger partial charge in [-0.05, 0) is 43.9 Å². The van der Waals surface area contributed by atoms with Crippen LogP contribution in [0.25, 0.3) is 11.5 Å². The van der Waals surface area contributed by atoms with Crippen molar-refractivity contribution < 1.29 is 27.1 Å². The zero-order valence-corrected chi connectivity index (χ0v) is 17.6. The molecular formula is C19H25N3O6S. The number of sulfone groups is 1. The van der Waals surface area contributed by atoms with Crippen LogP contribution in [0, 0.1) is 0 Å². The molecule has 1 amide bonds. The number of amides is 1. The second kappa shape index (κ2) is 8.81. The van der Waals surface area contributed by atoms with Gasteiger partial charge in [-0.2, -0.15) is 0 Å². The van der Waals surface area contributed by atoms with E-state index in [1.54, 1.807) is 23.1 Å². The van der Waals surface area contributed by atoms with Crippen LogP contribution < -0.4 is 9.47 Å². The van der Waals surface area contributed by atoms with Crippen LogP contribution in [-0.4, -0.2) is 62.0 Å². The van der Waals surface area contributed by atoms with Crippen molar-refractivity contribution in [3.63, 3.8) is 0 Å². The standard InChI is InChI=1S/C19H25N3O6S/c1-4-14-7-5-6-10-22(14)17(23)12-29(24,25)19-21-20-18(28-19)13-8-9-15(26-2)16(11-13)27-3/h8-9,11,14H,4-7,10,12H2,1-3H3. The third-order valence-electron chi connectivity index (χ3n) is 5.04. The molecule has 29 heavy (non-hydrogen) atoms. The van der Waals surface area contributed by atoms with Gasteiger partial charge in [0.05, 0.1) is 14.2 Å². The lowest BCUT2D eigenvalue weighted by Crippen LogP contribution is -2.45. The number of carbonyl (C=O) groups excluding carboxylic acids is 1. The maximum Gasteiger partial charge on any atom is 0.336 e. The summed E-state index contributed by atoms with van der Waals surface area (Å²) in [4.78, 5) is 14.3. The highest BCUT2D eigenvalue weighted by atomic mass is 32.2. The Hall–Kier alpha value is -2.62. The Kier molecular flexibility index (Phi) is 6.41. The van der Waals surface area contributed by atoms with Crippen LogP contribution in [-0.2, 0) is 14.6 Å². The van der Waals surface area contributed by atoms with E-state index in [4.69, 9.17) is 13.9 Å². The van der Waals surface area contributed by atoms with Gasteiger partial charge in [0.25, 0.3) is 0 Å². The number of piperidine rings is 1. The van der Waals surface area contributed by atoms with Crippen LogP contribution >= 0.6 is 0 Å². The molecule has 1 aliphatic heterocycles. The predicted molar refractivity (Wildman–Crippen MR) is 105 cm³/mol. The molecule has 0 spiro atoms. The van der Waals surface area contributed by atoms with E-state index in [1.807, 2.05) is 6.92 Å². The molecule has 1 unspecified atom stereocenters. The number of hydrogen-bond donors (Lipinski definition) is 0. The molecule has 158 valence electrons. The number of nitrogens with zero attached hydrogens (tertiary/aromatic N) is 3. The minimum absolute atomic E-state index is 0.0152. The molecule has 3 rings (SSSR count). The Labute approximate surface area is 169 Å². The lowest BCUT2D eigenvalue weighted by Gasteiger charge is -2.35. The molecule has 0 N–H and O–H groups in total. The Balaban J connectivity index is 1.79. The van der Waals surface area contributed by atoms with Crippen molar-refractivity contribution >= 4 is 15.7 Å². The first kappa shape index (κ1) is 21.1. The number of ether oxygens (including phenoxy) is 2. The van der Waals surface area contributed by atoms with E-state index in [1.165, 1.54) is 14.2 Å². The van der Waals surface area contributed by atoms with E-state index in [0.717, 1.165) is 25.7 Å². The second-order valence-corrected chi connectivity index (χ2v) is 8.71. The Bertz CT molecular complexity index is 972. The van der Waals surface area contributed by atoms with Crippen LogP contribution in [0.15, 0.2) is 27.8 Å². The second-order valence-electron chi connectivity index (χ2n) is 6.85. The topological polar surface area (TPSA) is 112 Å². The van der Waals surface area contributed by atoms with Gasteiger partial charge in [0.1, 0.15) is 5.75 Å². The van der Waals surface area contributed by atoms with Crippen molar-refractivity contribution in [2.75, 3.05) is 26.5 Å². The van der Waals surface area contributed by atoms with Crippen molar-refractivity contribution in [2.45, 2.75) is 43.9 Å². The average Bonchev–Trinajstić information content (AvgIpc) is 3.24. The van der Waals surface area contributed by atoms with E-state index >= 15 is 0 Å². The molecule has 1 atom stereocenters. The number of rotatable bonds is 7. The molecule has 1 aromatic carbocycles. The maximum absolute atomic E-state index is 12.7. The Morgan fingerprint density at radius 1 is 1.21 bits per heavy atom. The minimum atomic E-state index is -4.04.